The Bertz CT molecular complexity index is 404. The molecule has 0 aliphatic rings. The van der Waals surface area contributed by atoms with E-state index in [1.54, 1.807) is 7.11 Å². The molecule has 19 heavy (non-hydrogen) atoms. The summed E-state index contributed by atoms with van der Waals surface area (Å²) in [4.78, 5) is 0. The molecule has 0 aromatic heterocycles. The number of aliphatic hydroxyl groups excluding tert-OH is 1. The fraction of sp³-hybridized carbons (Fsp3) is 0.500. The number of nitrogens with one attached hydrogen (secondary N) is 1. The van der Waals surface area contributed by atoms with Crippen molar-refractivity contribution in [3.8, 4) is 11.8 Å². The van der Waals surface area contributed by atoms with Crippen LogP contribution in [0, 0.1) is 11.3 Å². The highest BCUT2D eigenvalue weighted by molar-refractivity contribution is 5.33. The lowest BCUT2D eigenvalue weighted by Gasteiger charge is -2.12. The number of ether oxygens (including phenoxy) is 2. The molecule has 1 unspecified atom stereocenters. The normalized spacial score (nSPS) is 11.8. The van der Waals surface area contributed by atoms with Crippen molar-refractivity contribution < 1.29 is 14.6 Å². The van der Waals surface area contributed by atoms with Gasteiger partial charge in [-0.3, -0.25) is 0 Å². The maximum Gasteiger partial charge on any atom is 0.174 e. The summed E-state index contributed by atoms with van der Waals surface area (Å²) >= 11 is 0. The second-order valence-corrected chi connectivity index (χ2v) is 4.13. The Morgan fingerprint density at radius 1 is 1.42 bits per heavy atom. The van der Waals surface area contributed by atoms with Gasteiger partial charge in [0.05, 0.1) is 12.7 Å². The number of methoxy groups -OCH3 is 1. The highest BCUT2D eigenvalue weighted by atomic mass is 16.5. The van der Waals surface area contributed by atoms with Crippen LogP contribution in [0.3, 0.4) is 0 Å². The molecule has 1 aromatic carbocycles. The van der Waals surface area contributed by atoms with Crippen LogP contribution in [0.15, 0.2) is 24.3 Å². The van der Waals surface area contributed by atoms with Crippen molar-refractivity contribution in [3.05, 3.63) is 29.8 Å². The Hall–Kier alpha value is -1.61. The SMILES string of the molecule is COCC(O)CCNCc1ccccc1OCC#N. The van der Waals surface area contributed by atoms with Gasteiger partial charge in [-0.2, -0.15) is 5.26 Å². The average Bonchev–Trinajstić information content (AvgIpc) is 2.42. The lowest BCUT2D eigenvalue weighted by atomic mass is 10.2. The molecule has 0 spiro atoms. The van der Waals surface area contributed by atoms with E-state index < -0.39 is 6.10 Å². The summed E-state index contributed by atoms with van der Waals surface area (Å²) in [6.07, 6.45) is 0.192. The zero-order chi connectivity index (χ0) is 13.9. The van der Waals surface area contributed by atoms with E-state index in [1.807, 2.05) is 30.3 Å². The second-order valence-electron chi connectivity index (χ2n) is 4.13. The average molecular weight is 264 g/mol. The minimum Gasteiger partial charge on any atom is -0.478 e. The lowest BCUT2D eigenvalue weighted by Crippen LogP contribution is -2.23. The van der Waals surface area contributed by atoms with Gasteiger partial charge in [0, 0.05) is 19.2 Å². The maximum atomic E-state index is 9.49. The first-order valence-corrected chi connectivity index (χ1v) is 6.23. The molecule has 0 heterocycles. The number of hydrogen-bond donors (Lipinski definition) is 2. The van der Waals surface area contributed by atoms with Crippen LogP contribution in [0.4, 0.5) is 0 Å². The molecule has 1 aromatic rings. The largest absolute Gasteiger partial charge is 0.478 e. The van der Waals surface area contributed by atoms with E-state index in [0.717, 1.165) is 5.56 Å². The quantitative estimate of drug-likeness (QED) is 0.653. The third kappa shape index (κ3) is 6.20. The minimum absolute atomic E-state index is 0.0452. The first-order valence-electron chi connectivity index (χ1n) is 6.23. The topological polar surface area (TPSA) is 74.5 Å². The van der Waals surface area contributed by atoms with Gasteiger partial charge in [0.2, 0.25) is 0 Å². The van der Waals surface area contributed by atoms with Crippen molar-refractivity contribution in [2.45, 2.75) is 19.1 Å². The van der Waals surface area contributed by atoms with E-state index >= 15 is 0 Å². The van der Waals surface area contributed by atoms with Crippen LogP contribution in [0.25, 0.3) is 0 Å². The van der Waals surface area contributed by atoms with Gasteiger partial charge < -0.3 is 19.9 Å². The van der Waals surface area contributed by atoms with Crippen LogP contribution in [0.2, 0.25) is 0 Å². The van der Waals surface area contributed by atoms with Gasteiger partial charge in [-0.15, -0.1) is 0 Å². The predicted octanol–water partition coefficient (Wildman–Crippen LogP) is 1.08. The third-order valence-corrected chi connectivity index (χ3v) is 2.59. The molecule has 0 aliphatic heterocycles. The van der Waals surface area contributed by atoms with Crippen molar-refractivity contribution in [2.75, 3.05) is 26.9 Å². The van der Waals surface area contributed by atoms with Crippen molar-refractivity contribution >= 4 is 0 Å². The Morgan fingerprint density at radius 2 is 2.21 bits per heavy atom. The van der Waals surface area contributed by atoms with E-state index in [-0.39, 0.29) is 6.61 Å². The van der Waals surface area contributed by atoms with Gasteiger partial charge in [-0.05, 0) is 19.0 Å². The summed E-state index contributed by atoms with van der Waals surface area (Å²) < 4.78 is 10.2. The predicted molar refractivity (Wildman–Crippen MR) is 71.8 cm³/mol. The van der Waals surface area contributed by atoms with Crippen LogP contribution in [0.5, 0.6) is 5.75 Å². The molecule has 5 nitrogen and oxygen atoms in total. The number of nitriles is 1. The van der Waals surface area contributed by atoms with E-state index in [0.29, 0.717) is 31.9 Å². The van der Waals surface area contributed by atoms with Crippen molar-refractivity contribution in [2.24, 2.45) is 0 Å². The smallest absolute Gasteiger partial charge is 0.174 e. The van der Waals surface area contributed by atoms with E-state index in [4.69, 9.17) is 14.7 Å². The monoisotopic (exact) mass is 264 g/mol. The van der Waals surface area contributed by atoms with Gasteiger partial charge in [0.15, 0.2) is 6.61 Å². The van der Waals surface area contributed by atoms with E-state index in [2.05, 4.69) is 5.32 Å². The second kappa shape index (κ2) is 9.34. The highest BCUT2D eigenvalue weighted by Gasteiger charge is 2.04. The molecular formula is C14H20N2O3. The Morgan fingerprint density at radius 3 is 2.95 bits per heavy atom. The van der Waals surface area contributed by atoms with E-state index in [1.165, 1.54) is 0 Å². The molecule has 1 rings (SSSR count). The fourth-order valence-corrected chi connectivity index (χ4v) is 1.67. The molecule has 1 atom stereocenters. The molecule has 0 bridgehead atoms. The van der Waals surface area contributed by atoms with Crippen molar-refractivity contribution in [1.82, 2.24) is 5.32 Å². The molecule has 0 saturated carbocycles. The summed E-state index contributed by atoms with van der Waals surface area (Å²) in [5, 5.41) is 21.2. The number of para-hydroxylation sites is 1. The Kier molecular flexibility index (Phi) is 7.59. The van der Waals surface area contributed by atoms with Gasteiger partial charge >= 0.3 is 0 Å². The number of benzene rings is 1. The maximum absolute atomic E-state index is 9.49. The molecular weight excluding hydrogens is 244 g/mol. The first-order chi connectivity index (χ1) is 9.27. The zero-order valence-electron chi connectivity index (χ0n) is 11.1. The van der Waals surface area contributed by atoms with Crippen LogP contribution in [0.1, 0.15) is 12.0 Å². The van der Waals surface area contributed by atoms with Crippen molar-refractivity contribution in [3.63, 3.8) is 0 Å². The Labute approximate surface area is 113 Å². The van der Waals surface area contributed by atoms with Crippen LogP contribution < -0.4 is 10.1 Å². The highest BCUT2D eigenvalue weighted by Crippen LogP contribution is 2.17. The summed E-state index contributed by atoms with van der Waals surface area (Å²) in [6, 6.07) is 9.54. The number of rotatable bonds is 9. The van der Waals surface area contributed by atoms with Gasteiger partial charge in [-0.25, -0.2) is 0 Å². The van der Waals surface area contributed by atoms with Gasteiger partial charge in [0.25, 0.3) is 0 Å². The number of nitrogens with zero attached hydrogens (tertiary/aromatic N) is 1. The van der Waals surface area contributed by atoms with E-state index in [9.17, 15) is 5.11 Å². The van der Waals surface area contributed by atoms with Crippen LogP contribution in [-0.2, 0) is 11.3 Å². The summed E-state index contributed by atoms with van der Waals surface area (Å²) in [6.45, 7) is 1.73. The number of hydrogen-bond acceptors (Lipinski definition) is 5. The molecule has 0 saturated heterocycles. The summed E-state index contributed by atoms with van der Waals surface area (Å²) in [7, 11) is 1.57. The van der Waals surface area contributed by atoms with Crippen LogP contribution >= 0.6 is 0 Å². The summed E-state index contributed by atoms with van der Waals surface area (Å²) in [5.74, 6) is 0.717. The molecule has 104 valence electrons. The fourth-order valence-electron chi connectivity index (χ4n) is 1.67. The molecule has 2 N–H and O–H groups in total. The standard InChI is InChI=1S/C14H20N2O3/c1-18-11-13(17)6-8-16-10-12-4-2-3-5-14(12)19-9-7-15/h2-5,13,16-17H,6,8-11H2,1H3. The molecule has 0 fully saturated rings. The Balaban J connectivity index is 2.34. The zero-order valence-corrected chi connectivity index (χ0v) is 11.1. The van der Waals surface area contributed by atoms with Gasteiger partial charge in [-0.1, -0.05) is 18.2 Å². The third-order valence-electron chi connectivity index (χ3n) is 2.59. The first kappa shape index (κ1) is 15.4. The molecule has 5 heteroatoms. The van der Waals surface area contributed by atoms with Crippen molar-refractivity contribution in [1.29, 1.82) is 5.26 Å². The molecule has 0 amide bonds. The van der Waals surface area contributed by atoms with Gasteiger partial charge in [0.1, 0.15) is 11.8 Å². The summed E-state index contributed by atoms with van der Waals surface area (Å²) in [5.41, 5.74) is 0.999. The molecule has 0 aliphatic carbocycles. The minimum atomic E-state index is -0.442. The molecule has 0 radical (unpaired) electrons. The lowest BCUT2D eigenvalue weighted by molar-refractivity contribution is 0.0594. The number of aliphatic hydroxyl groups is 1. The van der Waals surface area contributed by atoms with Crippen LogP contribution in [-0.4, -0.2) is 38.1 Å².